The van der Waals surface area contributed by atoms with Gasteiger partial charge in [-0.05, 0) is 38.8 Å². The molecule has 3 unspecified atom stereocenters. The van der Waals surface area contributed by atoms with Crippen LogP contribution in [0.25, 0.3) is 0 Å². The molecule has 4 heteroatoms. The lowest BCUT2D eigenvalue weighted by Crippen LogP contribution is -2.40. The summed E-state index contributed by atoms with van der Waals surface area (Å²) in [6, 6.07) is 5.35. The summed E-state index contributed by atoms with van der Waals surface area (Å²) in [5.74, 6) is 0. The highest BCUT2D eigenvalue weighted by Gasteiger charge is 2.27. The van der Waals surface area contributed by atoms with Gasteiger partial charge in [-0.1, -0.05) is 6.07 Å². The zero-order valence-corrected chi connectivity index (χ0v) is 12.4. The van der Waals surface area contributed by atoms with Gasteiger partial charge >= 0.3 is 0 Å². The second kappa shape index (κ2) is 6.66. The lowest BCUT2D eigenvalue weighted by molar-refractivity contribution is 0.0838. The lowest BCUT2D eigenvalue weighted by Gasteiger charge is -2.27. The monoisotopic (exact) mass is 268 g/mol. The molecule has 1 saturated heterocycles. The maximum absolute atomic E-state index is 5.61. The molecule has 0 saturated carbocycles. The number of rotatable bonds is 6. The Kier molecular flexibility index (Phi) is 5.18. The number of nitrogens with one attached hydrogen (secondary N) is 1. The van der Waals surface area contributed by atoms with E-state index in [2.05, 4.69) is 48.6 Å². The Bertz CT molecular complexity index is 342. The standard InChI is InChI=1S/C14H24N2OS/c1-11(14-5-4-10-18-14)15-7-8-16(3)13-6-9-17-12(13)2/h4-5,10-13,15H,6-9H2,1-3H3. The Balaban J connectivity index is 1.68. The van der Waals surface area contributed by atoms with Gasteiger partial charge in [-0.15, -0.1) is 11.3 Å². The first-order valence-corrected chi connectivity index (χ1v) is 7.65. The predicted molar refractivity (Wildman–Crippen MR) is 77.2 cm³/mol. The zero-order chi connectivity index (χ0) is 13.0. The minimum absolute atomic E-state index is 0.379. The fraction of sp³-hybridized carbons (Fsp3) is 0.714. The molecule has 1 aromatic rings. The van der Waals surface area contributed by atoms with E-state index in [1.807, 2.05) is 11.3 Å². The van der Waals surface area contributed by atoms with Crippen LogP contribution in [-0.2, 0) is 4.74 Å². The molecule has 0 amide bonds. The third-order valence-electron chi connectivity index (χ3n) is 3.79. The molecule has 1 fully saturated rings. The van der Waals surface area contributed by atoms with Gasteiger partial charge in [0.25, 0.3) is 0 Å². The quantitative estimate of drug-likeness (QED) is 0.858. The van der Waals surface area contributed by atoms with Crippen molar-refractivity contribution < 1.29 is 4.74 Å². The summed E-state index contributed by atoms with van der Waals surface area (Å²) >= 11 is 1.82. The molecular weight excluding hydrogens is 244 g/mol. The van der Waals surface area contributed by atoms with Crippen molar-refractivity contribution in [3.05, 3.63) is 22.4 Å². The molecule has 1 N–H and O–H groups in total. The number of nitrogens with zero attached hydrogens (tertiary/aromatic N) is 1. The Morgan fingerprint density at radius 3 is 3.06 bits per heavy atom. The number of thiophene rings is 1. The van der Waals surface area contributed by atoms with Crippen molar-refractivity contribution in [1.29, 1.82) is 0 Å². The Hall–Kier alpha value is -0.420. The van der Waals surface area contributed by atoms with Crippen molar-refractivity contribution in [1.82, 2.24) is 10.2 Å². The minimum Gasteiger partial charge on any atom is -0.377 e. The summed E-state index contributed by atoms with van der Waals surface area (Å²) in [5, 5.41) is 5.72. The van der Waals surface area contributed by atoms with Gasteiger partial charge in [0, 0.05) is 36.7 Å². The molecule has 1 aromatic heterocycles. The first-order valence-electron chi connectivity index (χ1n) is 6.77. The fourth-order valence-corrected chi connectivity index (χ4v) is 3.32. The molecular formula is C14H24N2OS. The average molecular weight is 268 g/mol. The fourth-order valence-electron chi connectivity index (χ4n) is 2.56. The minimum atomic E-state index is 0.379. The second-order valence-corrected chi connectivity index (χ2v) is 6.08. The number of likely N-dealkylation sites (N-methyl/N-ethyl adjacent to an activating group) is 1. The SMILES string of the molecule is CC(NCCN(C)C1CCOC1C)c1cccs1. The molecule has 0 spiro atoms. The van der Waals surface area contributed by atoms with Crippen LogP contribution in [0.3, 0.4) is 0 Å². The third kappa shape index (κ3) is 3.54. The van der Waals surface area contributed by atoms with Gasteiger partial charge < -0.3 is 10.1 Å². The van der Waals surface area contributed by atoms with Crippen LogP contribution in [0.4, 0.5) is 0 Å². The molecule has 2 heterocycles. The van der Waals surface area contributed by atoms with E-state index in [0.717, 1.165) is 26.1 Å². The maximum Gasteiger partial charge on any atom is 0.0702 e. The van der Waals surface area contributed by atoms with Crippen LogP contribution < -0.4 is 5.32 Å². The molecule has 0 aromatic carbocycles. The molecule has 102 valence electrons. The van der Waals surface area contributed by atoms with Gasteiger partial charge in [0.1, 0.15) is 0 Å². The topological polar surface area (TPSA) is 24.5 Å². The van der Waals surface area contributed by atoms with Crippen LogP contribution >= 0.6 is 11.3 Å². The summed E-state index contributed by atoms with van der Waals surface area (Å²) in [5.41, 5.74) is 0. The number of hydrogen-bond donors (Lipinski definition) is 1. The summed E-state index contributed by atoms with van der Waals surface area (Å²) in [4.78, 5) is 3.83. The van der Waals surface area contributed by atoms with Crippen LogP contribution in [0, 0.1) is 0 Å². The van der Waals surface area contributed by atoms with Crippen molar-refractivity contribution in [2.24, 2.45) is 0 Å². The first-order chi connectivity index (χ1) is 8.68. The van der Waals surface area contributed by atoms with Crippen LogP contribution in [0.5, 0.6) is 0 Å². The molecule has 1 aliphatic rings. The molecule has 3 atom stereocenters. The third-order valence-corrected chi connectivity index (χ3v) is 4.84. The summed E-state index contributed by atoms with van der Waals surface area (Å²) in [7, 11) is 2.20. The molecule has 0 aliphatic carbocycles. The van der Waals surface area contributed by atoms with Gasteiger partial charge in [0.2, 0.25) is 0 Å². The van der Waals surface area contributed by atoms with Crippen molar-refractivity contribution in [3.63, 3.8) is 0 Å². The van der Waals surface area contributed by atoms with E-state index in [0.29, 0.717) is 18.2 Å². The molecule has 0 bridgehead atoms. The largest absolute Gasteiger partial charge is 0.377 e. The average Bonchev–Trinajstić information content (AvgIpc) is 2.99. The van der Waals surface area contributed by atoms with Crippen LogP contribution in [0.1, 0.15) is 31.2 Å². The molecule has 3 nitrogen and oxygen atoms in total. The number of ether oxygens (including phenoxy) is 1. The van der Waals surface area contributed by atoms with Crippen LogP contribution in [0.15, 0.2) is 17.5 Å². The van der Waals surface area contributed by atoms with E-state index in [9.17, 15) is 0 Å². The van der Waals surface area contributed by atoms with Crippen LogP contribution in [-0.4, -0.2) is 43.8 Å². The van der Waals surface area contributed by atoms with Crippen molar-refractivity contribution in [2.45, 2.75) is 38.5 Å². The molecule has 1 aliphatic heterocycles. The Morgan fingerprint density at radius 1 is 1.61 bits per heavy atom. The summed E-state index contributed by atoms with van der Waals surface area (Å²) < 4.78 is 5.61. The van der Waals surface area contributed by atoms with Crippen LogP contribution in [0.2, 0.25) is 0 Å². The molecule has 2 rings (SSSR count). The van der Waals surface area contributed by atoms with E-state index < -0.39 is 0 Å². The van der Waals surface area contributed by atoms with Crippen molar-refractivity contribution in [2.75, 3.05) is 26.7 Å². The first kappa shape index (κ1) is 14.0. The van der Waals surface area contributed by atoms with Gasteiger partial charge in [-0.25, -0.2) is 0 Å². The van der Waals surface area contributed by atoms with Crippen molar-refractivity contribution >= 4 is 11.3 Å². The van der Waals surface area contributed by atoms with Gasteiger partial charge in [-0.3, -0.25) is 4.90 Å². The highest BCUT2D eigenvalue weighted by Crippen LogP contribution is 2.19. The predicted octanol–water partition coefficient (Wildman–Crippen LogP) is 2.51. The van der Waals surface area contributed by atoms with E-state index in [1.54, 1.807) is 0 Å². The lowest BCUT2D eigenvalue weighted by atomic mass is 10.1. The smallest absolute Gasteiger partial charge is 0.0702 e. The molecule has 18 heavy (non-hydrogen) atoms. The van der Waals surface area contributed by atoms with E-state index in [4.69, 9.17) is 4.74 Å². The van der Waals surface area contributed by atoms with Gasteiger partial charge in [0.05, 0.1) is 6.10 Å². The maximum atomic E-state index is 5.61. The second-order valence-electron chi connectivity index (χ2n) is 5.10. The van der Waals surface area contributed by atoms with Gasteiger partial charge in [0.15, 0.2) is 0 Å². The highest BCUT2D eigenvalue weighted by molar-refractivity contribution is 7.10. The molecule has 0 radical (unpaired) electrons. The number of hydrogen-bond acceptors (Lipinski definition) is 4. The van der Waals surface area contributed by atoms with E-state index in [1.165, 1.54) is 4.88 Å². The van der Waals surface area contributed by atoms with Crippen molar-refractivity contribution in [3.8, 4) is 0 Å². The normalized spacial score (nSPS) is 25.8. The van der Waals surface area contributed by atoms with E-state index in [-0.39, 0.29) is 0 Å². The summed E-state index contributed by atoms with van der Waals surface area (Å²) in [6.45, 7) is 7.42. The van der Waals surface area contributed by atoms with E-state index >= 15 is 0 Å². The Morgan fingerprint density at radius 2 is 2.44 bits per heavy atom. The van der Waals surface area contributed by atoms with Gasteiger partial charge in [-0.2, -0.15) is 0 Å². The summed E-state index contributed by atoms with van der Waals surface area (Å²) in [6.07, 6.45) is 1.54. The highest BCUT2D eigenvalue weighted by atomic mass is 32.1. The zero-order valence-electron chi connectivity index (χ0n) is 11.6. The Labute approximate surface area is 114 Å².